The highest BCUT2D eigenvalue weighted by molar-refractivity contribution is 8.93. The second kappa shape index (κ2) is 8.73. The summed E-state index contributed by atoms with van der Waals surface area (Å²) in [5.74, 6) is 2.21. The van der Waals surface area contributed by atoms with Gasteiger partial charge in [-0.15, -0.1) is 28.3 Å². The third-order valence-electron chi connectivity index (χ3n) is 3.52. The minimum Gasteiger partial charge on any atom is -0.497 e. The van der Waals surface area contributed by atoms with Gasteiger partial charge >= 0.3 is 0 Å². The SMILES string of the molecule is Br.COc1ccc(Nc2nc(-c3ccc(OC)c(OC)c3)cs2)cc1. The number of anilines is 2. The fraction of sp³-hybridized carbons (Fsp3) is 0.167. The van der Waals surface area contributed by atoms with Gasteiger partial charge in [-0.3, -0.25) is 0 Å². The first-order valence-electron chi connectivity index (χ1n) is 7.32. The van der Waals surface area contributed by atoms with Gasteiger partial charge in [0.15, 0.2) is 16.6 Å². The molecule has 1 heterocycles. The Bertz CT molecular complexity index is 821. The van der Waals surface area contributed by atoms with E-state index in [2.05, 4.69) is 10.3 Å². The van der Waals surface area contributed by atoms with E-state index in [4.69, 9.17) is 14.2 Å². The van der Waals surface area contributed by atoms with Crippen LogP contribution in [0.15, 0.2) is 47.8 Å². The molecule has 1 aromatic heterocycles. The van der Waals surface area contributed by atoms with Gasteiger partial charge in [0.1, 0.15) is 5.75 Å². The monoisotopic (exact) mass is 422 g/mol. The van der Waals surface area contributed by atoms with Gasteiger partial charge in [0.05, 0.1) is 27.0 Å². The summed E-state index contributed by atoms with van der Waals surface area (Å²) in [6.07, 6.45) is 0. The molecular weight excluding hydrogens is 404 g/mol. The van der Waals surface area contributed by atoms with Gasteiger partial charge in [0.2, 0.25) is 0 Å². The predicted molar refractivity (Wildman–Crippen MR) is 107 cm³/mol. The van der Waals surface area contributed by atoms with Gasteiger partial charge in [-0.1, -0.05) is 0 Å². The van der Waals surface area contributed by atoms with E-state index in [1.165, 1.54) is 0 Å². The van der Waals surface area contributed by atoms with E-state index in [1.807, 2.05) is 47.8 Å². The first-order chi connectivity index (χ1) is 11.7. The van der Waals surface area contributed by atoms with Crippen molar-refractivity contribution in [1.82, 2.24) is 4.98 Å². The minimum atomic E-state index is 0. The van der Waals surface area contributed by atoms with Crippen molar-refractivity contribution in [2.75, 3.05) is 26.6 Å². The van der Waals surface area contributed by atoms with Crippen LogP contribution in [0.2, 0.25) is 0 Å². The Morgan fingerprint density at radius 3 is 2.24 bits per heavy atom. The number of methoxy groups -OCH3 is 3. The number of nitrogens with one attached hydrogen (secondary N) is 1. The lowest BCUT2D eigenvalue weighted by atomic mass is 10.1. The third-order valence-corrected chi connectivity index (χ3v) is 4.28. The predicted octanol–water partition coefficient (Wildman–Crippen LogP) is 5.16. The van der Waals surface area contributed by atoms with Gasteiger partial charge in [0, 0.05) is 16.6 Å². The molecule has 0 aliphatic rings. The minimum absolute atomic E-state index is 0. The van der Waals surface area contributed by atoms with Crippen LogP contribution >= 0.6 is 28.3 Å². The first kappa shape index (κ1) is 19.1. The second-order valence-corrected chi connectivity index (χ2v) is 5.82. The quantitative estimate of drug-likeness (QED) is 0.594. The molecule has 0 atom stereocenters. The van der Waals surface area contributed by atoms with Gasteiger partial charge in [-0.05, 0) is 42.5 Å². The zero-order chi connectivity index (χ0) is 16.9. The van der Waals surface area contributed by atoms with Crippen LogP contribution in [0.3, 0.4) is 0 Å². The molecule has 0 radical (unpaired) electrons. The van der Waals surface area contributed by atoms with Crippen molar-refractivity contribution < 1.29 is 14.2 Å². The number of ether oxygens (including phenoxy) is 3. The largest absolute Gasteiger partial charge is 0.497 e. The Labute approximate surface area is 161 Å². The number of hydrogen-bond acceptors (Lipinski definition) is 6. The topological polar surface area (TPSA) is 52.6 Å². The molecule has 3 aromatic rings. The molecule has 0 spiro atoms. The van der Waals surface area contributed by atoms with Gasteiger partial charge in [-0.25, -0.2) is 4.98 Å². The Balaban J connectivity index is 0.00000225. The Morgan fingerprint density at radius 1 is 0.880 bits per heavy atom. The Hall–Kier alpha value is -2.25. The highest BCUT2D eigenvalue weighted by atomic mass is 79.9. The summed E-state index contributed by atoms with van der Waals surface area (Å²) in [4.78, 5) is 4.63. The molecule has 1 N–H and O–H groups in total. The number of nitrogens with zero attached hydrogens (tertiary/aromatic N) is 1. The first-order valence-corrected chi connectivity index (χ1v) is 8.20. The summed E-state index contributed by atoms with van der Waals surface area (Å²) < 4.78 is 15.8. The molecule has 0 unspecified atom stereocenters. The van der Waals surface area contributed by atoms with Crippen molar-refractivity contribution in [3.63, 3.8) is 0 Å². The average Bonchev–Trinajstić information content (AvgIpc) is 3.10. The summed E-state index contributed by atoms with van der Waals surface area (Å²) in [6, 6.07) is 13.5. The van der Waals surface area contributed by atoms with Crippen LogP contribution in [0.1, 0.15) is 0 Å². The summed E-state index contributed by atoms with van der Waals surface area (Å²) in [5, 5.41) is 6.12. The number of halogens is 1. The molecule has 25 heavy (non-hydrogen) atoms. The Morgan fingerprint density at radius 2 is 1.60 bits per heavy atom. The van der Waals surface area contributed by atoms with Crippen LogP contribution < -0.4 is 19.5 Å². The van der Waals surface area contributed by atoms with Crippen molar-refractivity contribution >= 4 is 39.1 Å². The maximum Gasteiger partial charge on any atom is 0.187 e. The van der Waals surface area contributed by atoms with Gasteiger partial charge < -0.3 is 19.5 Å². The molecule has 0 saturated carbocycles. The molecule has 0 amide bonds. The van der Waals surface area contributed by atoms with Crippen molar-refractivity contribution in [3.05, 3.63) is 47.8 Å². The standard InChI is InChI=1S/C18H18N2O3S.BrH/c1-21-14-7-5-13(6-8-14)19-18-20-15(11-24-18)12-4-9-16(22-2)17(10-12)23-3;/h4-11H,1-3H3,(H,19,20);1H. The van der Waals surface area contributed by atoms with E-state index >= 15 is 0 Å². The lowest BCUT2D eigenvalue weighted by Gasteiger charge is -2.08. The van der Waals surface area contributed by atoms with Crippen LogP contribution in [-0.2, 0) is 0 Å². The number of benzene rings is 2. The summed E-state index contributed by atoms with van der Waals surface area (Å²) >= 11 is 1.55. The van der Waals surface area contributed by atoms with E-state index in [1.54, 1.807) is 32.7 Å². The molecule has 0 saturated heterocycles. The molecule has 2 aromatic carbocycles. The number of rotatable bonds is 6. The smallest absolute Gasteiger partial charge is 0.187 e. The van der Waals surface area contributed by atoms with E-state index in [0.29, 0.717) is 11.5 Å². The molecule has 0 fully saturated rings. The van der Waals surface area contributed by atoms with E-state index in [9.17, 15) is 0 Å². The maximum atomic E-state index is 5.35. The second-order valence-electron chi connectivity index (χ2n) is 4.96. The molecular formula is C18H19BrN2O3S. The van der Waals surface area contributed by atoms with Crippen LogP contribution in [-0.4, -0.2) is 26.3 Å². The summed E-state index contributed by atoms with van der Waals surface area (Å²) in [5.41, 5.74) is 2.83. The summed E-state index contributed by atoms with van der Waals surface area (Å²) in [7, 11) is 4.90. The molecule has 0 aliphatic carbocycles. The molecule has 5 nitrogen and oxygen atoms in total. The van der Waals surface area contributed by atoms with Crippen molar-refractivity contribution in [2.24, 2.45) is 0 Å². The molecule has 3 rings (SSSR count). The van der Waals surface area contributed by atoms with E-state index in [0.717, 1.165) is 27.8 Å². The fourth-order valence-corrected chi connectivity index (χ4v) is 3.00. The van der Waals surface area contributed by atoms with Crippen LogP contribution in [0.25, 0.3) is 11.3 Å². The zero-order valence-corrected chi connectivity index (χ0v) is 16.6. The van der Waals surface area contributed by atoms with Crippen molar-refractivity contribution in [3.8, 4) is 28.5 Å². The highest BCUT2D eigenvalue weighted by Gasteiger charge is 2.09. The number of hydrogen-bond donors (Lipinski definition) is 1. The highest BCUT2D eigenvalue weighted by Crippen LogP contribution is 2.34. The normalized spacial score (nSPS) is 9.88. The number of aromatic nitrogens is 1. The summed E-state index contributed by atoms with van der Waals surface area (Å²) in [6.45, 7) is 0. The van der Waals surface area contributed by atoms with Crippen LogP contribution in [0, 0.1) is 0 Å². The lowest BCUT2D eigenvalue weighted by Crippen LogP contribution is -1.92. The number of thiazole rings is 1. The molecule has 7 heteroatoms. The molecule has 132 valence electrons. The lowest BCUT2D eigenvalue weighted by molar-refractivity contribution is 0.355. The maximum absolute atomic E-state index is 5.35. The van der Waals surface area contributed by atoms with E-state index in [-0.39, 0.29) is 17.0 Å². The van der Waals surface area contributed by atoms with Gasteiger partial charge in [0.25, 0.3) is 0 Å². The van der Waals surface area contributed by atoms with E-state index < -0.39 is 0 Å². The fourth-order valence-electron chi connectivity index (χ4n) is 2.26. The van der Waals surface area contributed by atoms with Crippen molar-refractivity contribution in [2.45, 2.75) is 0 Å². The van der Waals surface area contributed by atoms with Crippen LogP contribution in [0.5, 0.6) is 17.2 Å². The van der Waals surface area contributed by atoms with Crippen molar-refractivity contribution in [1.29, 1.82) is 0 Å². The Kier molecular flexibility index (Phi) is 6.66. The third kappa shape index (κ3) is 4.43. The molecule has 0 aliphatic heterocycles. The van der Waals surface area contributed by atoms with Crippen LogP contribution in [0.4, 0.5) is 10.8 Å². The molecule has 0 bridgehead atoms. The zero-order valence-electron chi connectivity index (χ0n) is 14.1. The van der Waals surface area contributed by atoms with Gasteiger partial charge in [-0.2, -0.15) is 0 Å². The average molecular weight is 423 g/mol.